The topological polar surface area (TPSA) is 83.9 Å². The van der Waals surface area contributed by atoms with Gasteiger partial charge in [0, 0.05) is 18.7 Å². The number of carbonyl (C=O) groups excluding carboxylic acids is 2. The molecule has 7 nitrogen and oxygen atoms in total. The molecule has 2 unspecified atom stereocenters. The Morgan fingerprint density at radius 3 is 2.50 bits per heavy atom. The highest BCUT2D eigenvalue weighted by Crippen LogP contribution is 2.33. The van der Waals surface area contributed by atoms with Crippen molar-refractivity contribution in [1.82, 2.24) is 15.2 Å². The van der Waals surface area contributed by atoms with Crippen LogP contribution < -0.4 is 5.32 Å². The van der Waals surface area contributed by atoms with Crippen molar-refractivity contribution in [2.75, 3.05) is 20.2 Å². The van der Waals surface area contributed by atoms with Crippen molar-refractivity contribution < 1.29 is 27.5 Å². The van der Waals surface area contributed by atoms with Gasteiger partial charge < -0.3 is 10.1 Å². The highest BCUT2D eigenvalue weighted by atomic mass is 19.3. The maximum atomic E-state index is 13.9. The molecule has 2 aliphatic heterocycles. The molecule has 3 rings (SSSR count). The van der Waals surface area contributed by atoms with E-state index in [1.165, 1.54) is 37.5 Å². The first kappa shape index (κ1) is 25.5. The van der Waals surface area contributed by atoms with Gasteiger partial charge in [-0.3, -0.25) is 14.7 Å². The second-order valence-electron chi connectivity index (χ2n) is 7.82. The lowest BCUT2D eigenvalue weighted by atomic mass is 10.0. The summed E-state index contributed by atoms with van der Waals surface area (Å²) in [4.78, 5) is 33.8. The number of pyridine rings is 1. The maximum absolute atomic E-state index is 13.9. The van der Waals surface area contributed by atoms with Crippen LogP contribution in [0.15, 0.2) is 34.6 Å². The Bertz CT molecular complexity index is 900. The summed E-state index contributed by atoms with van der Waals surface area (Å²) in [5, 5.41) is 2.94. The molecule has 0 saturated carbocycles. The molecule has 0 aliphatic carbocycles. The van der Waals surface area contributed by atoms with Gasteiger partial charge in [-0.15, -0.1) is 0 Å². The molecule has 0 bridgehead atoms. The van der Waals surface area contributed by atoms with E-state index in [0.29, 0.717) is 11.4 Å². The average Bonchev–Trinajstić information content (AvgIpc) is 3.02. The van der Waals surface area contributed by atoms with E-state index in [9.17, 15) is 22.8 Å². The molecule has 1 aromatic heterocycles. The molecule has 32 heavy (non-hydrogen) atoms. The number of nitrogens with zero attached hydrogens (tertiary/aromatic N) is 3. The van der Waals surface area contributed by atoms with Gasteiger partial charge in [-0.1, -0.05) is 20.3 Å². The summed E-state index contributed by atoms with van der Waals surface area (Å²) in [6.45, 7) is 6.46. The van der Waals surface area contributed by atoms with E-state index in [2.05, 4.69) is 29.1 Å². The fraction of sp³-hybridized carbons (Fsp3) is 0.545. The number of esters is 1. The largest absolute Gasteiger partial charge is 0.466 e. The smallest absolute Gasteiger partial charge is 0.337 e. The third-order valence-electron chi connectivity index (χ3n) is 4.91. The molecule has 0 radical (unpaired) electrons. The van der Waals surface area contributed by atoms with Crippen molar-refractivity contribution in [1.29, 1.82) is 0 Å². The number of rotatable bonds is 5. The first-order chi connectivity index (χ1) is 15.0. The second-order valence-corrected chi connectivity index (χ2v) is 7.82. The normalized spacial score (nSPS) is 22.4. The number of alkyl halides is 2. The van der Waals surface area contributed by atoms with E-state index in [0.717, 1.165) is 6.20 Å². The number of ether oxygens (including phenoxy) is 1. The number of amidine groups is 1. The van der Waals surface area contributed by atoms with E-state index in [1.54, 1.807) is 6.92 Å². The van der Waals surface area contributed by atoms with Crippen molar-refractivity contribution >= 4 is 17.6 Å². The molecule has 0 aromatic carbocycles. The number of carbonyl (C=O) groups is 2. The minimum atomic E-state index is -3.00. The summed E-state index contributed by atoms with van der Waals surface area (Å²) in [5.41, 5.74) is 0.801. The highest BCUT2D eigenvalue weighted by Gasteiger charge is 2.47. The quantitative estimate of drug-likeness (QED) is 0.689. The van der Waals surface area contributed by atoms with Crippen LogP contribution in [0.4, 0.5) is 13.2 Å². The standard InChI is InChI=1S/C19H21F3N4O3.C3H8/c1-10-16(18(28)29-3)14(8-26-9-19(21,22)6-15(26)11(2)27)25-17(24-10)13-5-4-12(20)7-23-13;1-3-2/h4-5,7,10,15H,6,8-9H2,1-3H3,(H,24,25);3H2,1-2H3. The van der Waals surface area contributed by atoms with Crippen LogP contribution >= 0.6 is 0 Å². The minimum absolute atomic E-state index is 0.102. The van der Waals surface area contributed by atoms with E-state index < -0.39 is 42.8 Å². The van der Waals surface area contributed by atoms with Gasteiger partial charge in [0.2, 0.25) is 0 Å². The van der Waals surface area contributed by atoms with Crippen molar-refractivity contribution in [2.24, 2.45) is 4.99 Å². The van der Waals surface area contributed by atoms with Gasteiger partial charge in [0.05, 0.1) is 37.5 Å². The zero-order valence-corrected chi connectivity index (χ0v) is 18.9. The zero-order chi connectivity index (χ0) is 24.1. The summed E-state index contributed by atoms with van der Waals surface area (Å²) < 4.78 is 45.9. The van der Waals surface area contributed by atoms with Gasteiger partial charge in [0.15, 0.2) is 5.84 Å². The summed E-state index contributed by atoms with van der Waals surface area (Å²) in [7, 11) is 1.21. The molecule has 0 amide bonds. The van der Waals surface area contributed by atoms with Crippen molar-refractivity contribution in [2.45, 2.75) is 58.5 Å². The number of aliphatic imine (C=N–C) groups is 1. The number of ketones is 1. The van der Waals surface area contributed by atoms with Gasteiger partial charge in [0.25, 0.3) is 5.92 Å². The molecule has 1 N–H and O–H groups in total. The van der Waals surface area contributed by atoms with Gasteiger partial charge in [-0.2, -0.15) is 0 Å². The van der Waals surface area contributed by atoms with Crippen LogP contribution in [-0.2, 0) is 14.3 Å². The van der Waals surface area contributed by atoms with Crippen LogP contribution in [0.25, 0.3) is 0 Å². The lowest BCUT2D eigenvalue weighted by Crippen LogP contribution is -2.44. The van der Waals surface area contributed by atoms with Crippen LogP contribution in [0, 0.1) is 5.82 Å². The molecular weight excluding hydrogens is 425 g/mol. The van der Waals surface area contributed by atoms with Crippen LogP contribution in [0.1, 0.15) is 46.2 Å². The molecule has 2 atom stereocenters. The first-order valence-electron chi connectivity index (χ1n) is 10.4. The Kier molecular flexibility index (Phi) is 8.54. The van der Waals surface area contributed by atoms with E-state index in [4.69, 9.17) is 4.74 Å². The molecule has 10 heteroatoms. The number of Topliss-reactive ketones (excluding diaryl/α,β-unsaturated/α-hetero) is 1. The Labute approximate surface area is 185 Å². The maximum Gasteiger partial charge on any atom is 0.337 e. The van der Waals surface area contributed by atoms with Crippen LogP contribution in [0.2, 0.25) is 0 Å². The molecule has 1 saturated heterocycles. The Morgan fingerprint density at radius 2 is 1.97 bits per heavy atom. The fourth-order valence-corrected chi connectivity index (χ4v) is 3.58. The summed E-state index contributed by atoms with van der Waals surface area (Å²) in [5.74, 6) is -4.28. The van der Waals surface area contributed by atoms with Crippen molar-refractivity contribution in [3.8, 4) is 0 Å². The minimum Gasteiger partial charge on any atom is -0.466 e. The van der Waals surface area contributed by atoms with Crippen LogP contribution in [-0.4, -0.2) is 65.7 Å². The Morgan fingerprint density at radius 1 is 1.31 bits per heavy atom. The predicted octanol–water partition coefficient (Wildman–Crippen LogP) is 3.10. The molecule has 176 valence electrons. The highest BCUT2D eigenvalue weighted by molar-refractivity contribution is 6.02. The number of nitrogens with one attached hydrogen (secondary N) is 1. The second kappa shape index (κ2) is 10.7. The monoisotopic (exact) mass is 454 g/mol. The number of methoxy groups -OCH3 is 1. The molecule has 3 heterocycles. The number of hydrogen-bond acceptors (Lipinski definition) is 7. The Balaban J connectivity index is 0.00000114. The summed E-state index contributed by atoms with van der Waals surface area (Å²) in [6, 6.07) is 1.01. The third-order valence-corrected chi connectivity index (χ3v) is 4.91. The Hall–Kier alpha value is -2.75. The number of aromatic nitrogens is 1. The van der Waals surface area contributed by atoms with Crippen LogP contribution in [0.3, 0.4) is 0 Å². The van der Waals surface area contributed by atoms with Gasteiger partial charge >= 0.3 is 5.97 Å². The number of likely N-dealkylation sites (tertiary alicyclic amines) is 1. The molecule has 2 aliphatic rings. The van der Waals surface area contributed by atoms with E-state index in [1.807, 2.05) is 0 Å². The number of hydrogen-bond donors (Lipinski definition) is 1. The van der Waals surface area contributed by atoms with Gasteiger partial charge in [0.1, 0.15) is 17.3 Å². The lowest BCUT2D eigenvalue weighted by Gasteiger charge is -2.29. The molecule has 1 aromatic rings. The third kappa shape index (κ3) is 6.15. The lowest BCUT2D eigenvalue weighted by molar-refractivity contribution is -0.136. The summed E-state index contributed by atoms with van der Waals surface area (Å²) in [6.07, 6.45) is 1.70. The predicted molar refractivity (Wildman–Crippen MR) is 114 cm³/mol. The molecule has 1 fully saturated rings. The van der Waals surface area contributed by atoms with E-state index in [-0.39, 0.29) is 23.7 Å². The molecular formula is C22H29F3N4O3. The fourth-order valence-electron chi connectivity index (χ4n) is 3.58. The SMILES string of the molecule is CCC.COC(=O)C1=C(CN2CC(F)(F)CC2C(C)=O)NC(c2ccc(F)cn2)=NC1C. The van der Waals surface area contributed by atoms with Crippen molar-refractivity contribution in [3.63, 3.8) is 0 Å². The van der Waals surface area contributed by atoms with Crippen molar-refractivity contribution in [3.05, 3.63) is 41.1 Å². The first-order valence-corrected chi connectivity index (χ1v) is 10.4. The molecule has 0 spiro atoms. The zero-order valence-electron chi connectivity index (χ0n) is 18.9. The van der Waals surface area contributed by atoms with Gasteiger partial charge in [-0.25, -0.2) is 22.9 Å². The average molecular weight is 454 g/mol. The van der Waals surface area contributed by atoms with E-state index >= 15 is 0 Å². The number of halogens is 3. The van der Waals surface area contributed by atoms with Gasteiger partial charge in [-0.05, 0) is 26.0 Å². The summed E-state index contributed by atoms with van der Waals surface area (Å²) >= 11 is 0. The van der Waals surface area contributed by atoms with Crippen LogP contribution in [0.5, 0.6) is 0 Å².